The van der Waals surface area contributed by atoms with Crippen molar-refractivity contribution in [2.45, 2.75) is 19.8 Å². The second-order valence-electron chi connectivity index (χ2n) is 3.77. The molecule has 0 amide bonds. The second-order valence-corrected chi connectivity index (χ2v) is 3.77. The van der Waals surface area contributed by atoms with E-state index in [2.05, 4.69) is 17.2 Å². The SMILES string of the molecule is CC(CN)CCCNc1ccc(F)cn1. The molecule has 0 saturated heterocycles. The van der Waals surface area contributed by atoms with Crippen molar-refractivity contribution in [3.8, 4) is 0 Å². The number of anilines is 1. The Morgan fingerprint density at radius 3 is 2.93 bits per heavy atom. The van der Waals surface area contributed by atoms with Crippen LogP contribution >= 0.6 is 0 Å². The molecule has 0 fully saturated rings. The Morgan fingerprint density at radius 1 is 1.53 bits per heavy atom. The monoisotopic (exact) mass is 211 g/mol. The normalized spacial score (nSPS) is 12.5. The molecule has 1 heterocycles. The Morgan fingerprint density at radius 2 is 2.33 bits per heavy atom. The Balaban J connectivity index is 2.17. The zero-order valence-electron chi connectivity index (χ0n) is 9.04. The fourth-order valence-corrected chi connectivity index (χ4v) is 1.27. The topological polar surface area (TPSA) is 50.9 Å². The number of nitrogens with two attached hydrogens (primary N) is 1. The molecule has 0 saturated carbocycles. The Bertz CT molecular complexity index is 274. The van der Waals surface area contributed by atoms with E-state index in [-0.39, 0.29) is 5.82 Å². The number of nitrogens with zero attached hydrogens (tertiary/aromatic N) is 1. The highest BCUT2D eigenvalue weighted by Crippen LogP contribution is 2.06. The lowest BCUT2D eigenvalue weighted by atomic mass is 10.1. The van der Waals surface area contributed by atoms with E-state index in [4.69, 9.17) is 5.73 Å². The molecule has 0 aromatic carbocycles. The van der Waals surface area contributed by atoms with Crippen molar-refractivity contribution in [1.29, 1.82) is 0 Å². The van der Waals surface area contributed by atoms with E-state index in [1.165, 1.54) is 12.3 Å². The zero-order chi connectivity index (χ0) is 11.1. The van der Waals surface area contributed by atoms with Gasteiger partial charge in [0, 0.05) is 6.54 Å². The van der Waals surface area contributed by atoms with E-state index in [1.807, 2.05) is 0 Å². The van der Waals surface area contributed by atoms with Gasteiger partial charge < -0.3 is 11.1 Å². The molecule has 1 aromatic heterocycles. The lowest BCUT2D eigenvalue weighted by Gasteiger charge is -2.08. The number of pyridine rings is 1. The van der Waals surface area contributed by atoms with Gasteiger partial charge in [-0.25, -0.2) is 9.37 Å². The summed E-state index contributed by atoms with van der Waals surface area (Å²) < 4.78 is 12.5. The van der Waals surface area contributed by atoms with Crippen molar-refractivity contribution >= 4 is 5.82 Å². The van der Waals surface area contributed by atoms with Gasteiger partial charge in [-0.2, -0.15) is 0 Å². The lowest BCUT2D eigenvalue weighted by molar-refractivity contribution is 0.529. The van der Waals surface area contributed by atoms with Crippen LogP contribution in [0.2, 0.25) is 0 Å². The van der Waals surface area contributed by atoms with Crippen LogP contribution in [0.25, 0.3) is 0 Å². The maximum Gasteiger partial charge on any atom is 0.141 e. The zero-order valence-corrected chi connectivity index (χ0v) is 9.04. The van der Waals surface area contributed by atoms with Crippen molar-refractivity contribution in [2.75, 3.05) is 18.4 Å². The minimum absolute atomic E-state index is 0.308. The van der Waals surface area contributed by atoms with Gasteiger partial charge in [-0.3, -0.25) is 0 Å². The summed E-state index contributed by atoms with van der Waals surface area (Å²) in [5.74, 6) is 0.974. The summed E-state index contributed by atoms with van der Waals surface area (Å²) >= 11 is 0. The molecular formula is C11H18FN3. The molecule has 3 N–H and O–H groups in total. The summed E-state index contributed by atoms with van der Waals surface area (Å²) in [6, 6.07) is 3.04. The van der Waals surface area contributed by atoms with E-state index in [0.717, 1.165) is 31.7 Å². The highest BCUT2D eigenvalue weighted by Gasteiger charge is 1.98. The molecule has 0 radical (unpaired) electrons. The largest absolute Gasteiger partial charge is 0.370 e. The molecule has 0 aliphatic carbocycles. The van der Waals surface area contributed by atoms with Crippen LogP contribution in [0.5, 0.6) is 0 Å². The third-order valence-corrected chi connectivity index (χ3v) is 2.31. The van der Waals surface area contributed by atoms with Crippen molar-refractivity contribution in [2.24, 2.45) is 11.7 Å². The van der Waals surface area contributed by atoms with Gasteiger partial charge in [-0.05, 0) is 37.4 Å². The van der Waals surface area contributed by atoms with Crippen LogP contribution < -0.4 is 11.1 Å². The van der Waals surface area contributed by atoms with Crippen LogP contribution in [-0.4, -0.2) is 18.1 Å². The Kier molecular flexibility index (Phi) is 5.04. The quantitative estimate of drug-likeness (QED) is 0.708. The van der Waals surface area contributed by atoms with Crippen LogP contribution in [0.4, 0.5) is 10.2 Å². The standard InChI is InChI=1S/C11H18FN3/c1-9(7-13)3-2-6-14-11-5-4-10(12)8-15-11/h4-5,8-9H,2-3,6-7,13H2,1H3,(H,14,15). The van der Waals surface area contributed by atoms with Gasteiger partial charge in [0.25, 0.3) is 0 Å². The van der Waals surface area contributed by atoms with Gasteiger partial charge in [0.2, 0.25) is 0 Å². The predicted molar refractivity (Wildman–Crippen MR) is 60.1 cm³/mol. The fourth-order valence-electron chi connectivity index (χ4n) is 1.27. The van der Waals surface area contributed by atoms with Gasteiger partial charge in [-0.1, -0.05) is 6.92 Å². The summed E-state index contributed by atoms with van der Waals surface area (Å²) in [5, 5.41) is 3.13. The number of nitrogens with one attached hydrogen (secondary N) is 1. The number of hydrogen-bond acceptors (Lipinski definition) is 3. The van der Waals surface area contributed by atoms with E-state index in [1.54, 1.807) is 6.07 Å². The summed E-state index contributed by atoms with van der Waals surface area (Å²) in [4.78, 5) is 3.90. The molecule has 15 heavy (non-hydrogen) atoms. The van der Waals surface area contributed by atoms with Crippen molar-refractivity contribution in [3.05, 3.63) is 24.1 Å². The van der Waals surface area contributed by atoms with E-state index >= 15 is 0 Å². The Labute approximate surface area is 89.9 Å². The molecule has 0 aliphatic rings. The number of hydrogen-bond donors (Lipinski definition) is 2. The molecule has 1 unspecified atom stereocenters. The van der Waals surface area contributed by atoms with Gasteiger partial charge in [0.05, 0.1) is 6.20 Å². The number of aromatic nitrogens is 1. The molecule has 4 heteroatoms. The average molecular weight is 211 g/mol. The van der Waals surface area contributed by atoms with Crippen molar-refractivity contribution < 1.29 is 4.39 Å². The molecule has 1 atom stereocenters. The van der Waals surface area contributed by atoms with Gasteiger partial charge >= 0.3 is 0 Å². The number of halogens is 1. The molecule has 1 rings (SSSR count). The van der Waals surface area contributed by atoms with Crippen LogP contribution in [0, 0.1) is 11.7 Å². The summed E-state index contributed by atoms with van der Waals surface area (Å²) in [7, 11) is 0. The molecule has 0 bridgehead atoms. The maximum absolute atomic E-state index is 12.5. The summed E-state index contributed by atoms with van der Waals surface area (Å²) in [6.07, 6.45) is 3.37. The third kappa shape index (κ3) is 4.74. The van der Waals surface area contributed by atoms with Gasteiger partial charge in [0.15, 0.2) is 0 Å². The smallest absolute Gasteiger partial charge is 0.141 e. The Hall–Kier alpha value is -1.16. The summed E-state index contributed by atoms with van der Waals surface area (Å²) in [5.41, 5.74) is 5.51. The lowest BCUT2D eigenvalue weighted by Crippen LogP contribution is -2.12. The third-order valence-electron chi connectivity index (χ3n) is 2.31. The first kappa shape index (κ1) is 11.9. The van der Waals surface area contributed by atoms with Crippen LogP contribution in [-0.2, 0) is 0 Å². The van der Waals surface area contributed by atoms with Crippen LogP contribution in [0.3, 0.4) is 0 Å². The molecule has 0 aliphatic heterocycles. The summed E-state index contributed by atoms with van der Waals surface area (Å²) in [6.45, 7) is 3.72. The molecule has 0 spiro atoms. The van der Waals surface area contributed by atoms with E-state index < -0.39 is 0 Å². The highest BCUT2D eigenvalue weighted by molar-refractivity contribution is 5.33. The van der Waals surface area contributed by atoms with Crippen LogP contribution in [0.15, 0.2) is 18.3 Å². The second kappa shape index (κ2) is 6.35. The molecule has 3 nitrogen and oxygen atoms in total. The first-order valence-corrected chi connectivity index (χ1v) is 5.28. The first-order valence-electron chi connectivity index (χ1n) is 5.28. The molecule has 84 valence electrons. The minimum atomic E-state index is -0.308. The van der Waals surface area contributed by atoms with Gasteiger partial charge in [0.1, 0.15) is 11.6 Å². The maximum atomic E-state index is 12.5. The highest BCUT2D eigenvalue weighted by atomic mass is 19.1. The first-order chi connectivity index (χ1) is 7.22. The van der Waals surface area contributed by atoms with Crippen molar-refractivity contribution in [1.82, 2.24) is 4.98 Å². The average Bonchev–Trinajstić information content (AvgIpc) is 2.26. The van der Waals surface area contributed by atoms with Crippen molar-refractivity contribution in [3.63, 3.8) is 0 Å². The number of rotatable bonds is 6. The van der Waals surface area contributed by atoms with Gasteiger partial charge in [-0.15, -0.1) is 0 Å². The van der Waals surface area contributed by atoms with E-state index in [0.29, 0.717) is 5.92 Å². The van der Waals surface area contributed by atoms with Crippen LogP contribution in [0.1, 0.15) is 19.8 Å². The minimum Gasteiger partial charge on any atom is -0.370 e. The molecular weight excluding hydrogens is 193 g/mol. The van der Waals surface area contributed by atoms with E-state index in [9.17, 15) is 4.39 Å². The molecule has 1 aromatic rings. The fraction of sp³-hybridized carbons (Fsp3) is 0.545. The predicted octanol–water partition coefficient (Wildman–Crippen LogP) is 2.01.